The van der Waals surface area contributed by atoms with E-state index in [1.165, 1.54) is 11.1 Å². The van der Waals surface area contributed by atoms with Gasteiger partial charge in [-0.25, -0.2) is 4.98 Å². The topological polar surface area (TPSA) is 74.8 Å². The molecule has 0 radical (unpaired) electrons. The molecule has 0 unspecified atom stereocenters. The summed E-state index contributed by atoms with van der Waals surface area (Å²) < 4.78 is 0. The molecule has 1 heterocycles. The van der Waals surface area contributed by atoms with Gasteiger partial charge in [0.15, 0.2) is 5.78 Å². The largest absolute Gasteiger partial charge is 0.324 e. The van der Waals surface area contributed by atoms with E-state index in [1.54, 1.807) is 0 Å². The second-order valence-corrected chi connectivity index (χ2v) is 6.41. The average molecular weight is 333 g/mol. The van der Waals surface area contributed by atoms with Gasteiger partial charge in [-0.2, -0.15) is 0 Å². The molecule has 4 rings (SSSR count). The molecule has 0 atom stereocenters. The van der Waals surface area contributed by atoms with Crippen molar-refractivity contribution in [3.63, 3.8) is 0 Å². The van der Waals surface area contributed by atoms with Crippen LogP contribution in [0.2, 0.25) is 0 Å². The Balaban J connectivity index is 1.35. The van der Waals surface area contributed by atoms with E-state index in [9.17, 15) is 9.59 Å². The lowest BCUT2D eigenvalue weighted by molar-refractivity contribution is -0.116. The Labute approximate surface area is 145 Å². The van der Waals surface area contributed by atoms with Crippen LogP contribution in [0.3, 0.4) is 0 Å². The van der Waals surface area contributed by atoms with Gasteiger partial charge >= 0.3 is 0 Å². The zero-order valence-electron chi connectivity index (χ0n) is 13.8. The van der Waals surface area contributed by atoms with Crippen molar-refractivity contribution < 1.29 is 9.59 Å². The van der Waals surface area contributed by atoms with Crippen LogP contribution >= 0.6 is 0 Å². The molecule has 2 N–H and O–H groups in total. The highest BCUT2D eigenvalue weighted by molar-refractivity contribution is 6.00. The molecule has 25 heavy (non-hydrogen) atoms. The molecule has 0 aliphatic heterocycles. The van der Waals surface area contributed by atoms with E-state index in [-0.39, 0.29) is 24.5 Å². The number of aryl methyl sites for hydroxylation is 2. The molecule has 5 nitrogen and oxygen atoms in total. The van der Waals surface area contributed by atoms with Crippen LogP contribution in [0, 0.1) is 0 Å². The summed E-state index contributed by atoms with van der Waals surface area (Å²) in [7, 11) is 0. The van der Waals surface area contributed by atoms with Crippen molar-refractivity contribution in [3.8, 4) is 0 Å². The number of rotatable bonds is 5. The SMILES string of the molecule is O=C(CCC(=O)c1ccc2c(c1)CCC2)Nc1nc2ccccc2[nH]1. The summed E-state index contributed by atoms with van der Waals surface area (Å²) in [6, 6.07) is 13.5. The molecule has 0 fully saturated rings. The number of Topliss-reactive ketones (excluding diaryl/α,β-unsaturated/α-hetero) is 1. The second-order valence-electron chi connectivity index (χ2n) is 6.41. The van der Waals surface area contributed by atoms with Crippen LogP contribution < -0.4 is 5.32 Å². The molecule has 3 aromatic rings. The summed E-state index contributed by atoms with van der Waals surface area (Å²) in [4.78, 5) is 31.8. The molecule has 0 saturated heterocycles. The number of anilines is 1. The number of para-hydroxylation sites is 2. The van der Waals surface area contributed by atoms with Gasteiger partial charge in [-0.05, 0) is 48.6 Å². The first kappa shape index (κ1) is 15.6. The summed E-state index contributed by atoms with van der Waals surface area (Å²) in [6.07, 6.45) is 3.65. The second kappa shape index (κ2) is 6.51. The quantitative estimate of drug-likeness (QED) is 0.700. The fourth-order valence-electron chi connectivity index (χ4n) is 3.32. The third-order valence-electron chi connectivity index (χ3n) is 4.65. The van der Waals surface area contributed by atoms with Crippen LogP contribution in [0.4, 0.5) is 5.95 Å². The summed E-state index contributed by atoms with van der Waals surface area (Å²) in [5, 5.41) is 2.72. The van der Waals surface area contributed by atoms with Gasteiger partial charge in [0.05, 0.1) is 11.0 Å². The van der Waals surface area contributed by atoms with Crippen molar-refractivity contribution >= 4 is 28.7 Å². The number of hydrogen-bond donors (Lipinski definition) is 2. The third-order valence-corrected chi connectivity index (χ3v) is 4.65. The van der Waals surface area contributed by atoms with Gasteiger partial charge in [0.25, 0.3) is 0 Å². The fourth-order valence-corrected chi connectivity index (χ4v) is 3.32. The molecule has 0 spiro atoms. The minimum Gasteiger partial charge on any atom is -0.324 e. The Morgan fingerprint density at radius 2 is 1.88 bits per heavy atom. The molecule has 0 saturated carbocycles. The van der Waals surface area contributed by atoms with Crippen molar-refractivity contribution in [2.45, 2.75) is 32.1 Å². The van der Waals surface area contributed by atoms with E-state index >= 15 is 0 Å². The van der Waals surface area contributed by atoms with Crippen molar-refractivity contribution in [3.05, 3.63) is 59.2 Å². The predicted molar refractivity (Wildman–Crippen MR) is 96.8 cm³/mol. The number of imidazole rings is 1. The smallest absolute Gasteiger partial charge is 0.227 e. The van der Waals surface area contributed by atoms with Crippen molar-refractivity contribution in [1.29, 1.82) is 0 Å². The van der Waals surface area contributed by atoms with Gasteiger partial charge < -0.3 is 4.98 Å². The maximum Gasteiger partial charge on any atom is 0.227 e. The average Bonchev–Trinajstić information content (AvgIpc) is 3.24. The minimum atomic E-state index is -0.214. The Morgan fingerprint density at radius 1 is 1.04 bits per heavy atom. The normalized spacial score (nSPS) is 13.0. The van der Waals surface area contributed by atoms with E-state index in [0.29, 0.717) is 11.5 Å². The molecule has 126 valence electrons. The summed E-state index contributed by atoms with van der Waals surface area (Å²) in [6.45, 7) is 0. The van der Waals surface area contributed by atoms with Gasteiger partial charge in [-0.3, -0.25) is 14.9 Å². The molecular formula is C20H19N3O2. The lowest BCUT2D eigenvalue weighted by atomic mass is 10.0. The predicted octanol–water partition coefficient (Wildman–Crippen LogP) is 3.65. The molecule has 2 aromatic carbocycles. The van der Waals surface area contributed by atoms with Gasteiger partial charge in [0.2, 0.25) is 11.9 Å². The first-order valence-corrected chi connectivity index (χ1v) is 8.59. The van der Waals surface area contributed by atoms with Crippen LogP contribution in [0.1, 0.15) is 40.7 Å². The number of H-pyrrole nitrogens is 1. The van der Waals surface area contributed by atoms with Gasteiger partial charge in [-0.15, -0.1) is 0 Å². The van der Waals surface area contributed by atoms with Crippen LogP contribution in [0.15, 0.2) is 42.5 Å². The van der Waals surface area contributed by atoms with Gasteiger partial charge in [0.1, 0.15) is 0 Å². The van der Waals surface area contributed by atoms with Crippen LogP contribution in [-0.2, 0) is 17.6 Å². The monoisotopic (exact) mass is 333 g/mol. The van der Waals surface area contributed by atoms with Gasteiger partial charge in [0, 0.05) is 18.4 Å². The first-order valence-electron chi connectivity index (χ1n) is 8.59. The highest BCUT2D eigenvalue weighted by atomic mass is 16.2. The number of aromatic nitrogens is 2. The Bertz CT molecular complexity index is 925. The molecular weight excluding hydrogens is 314 g/mol. The maximum absolute atomic E-state index is 12.3. The minimum absolute atomic E-state index is 0.00876. The first-order chi connectivity index (χ1) is 12.2. The number of hydrogen-bond acceptors (Lipinski definition) is 3. The van der Waals surface area contributed by atoms with E-state index in [1.807, 2.05) is 42.5 Å². The summed E-state index contributed by atoms with van der Waals surface area (Å²) >= 11 is 0. The Kier molecular flexibility index (Phi) is 4.06. The lowest BCUT2D eigenvalue weighted by Gasteiger charge is -2.05. The van der Waals surface area contributed by atoms with Crippen molar-refractivity contribution in [2.75, 3.05) is 5.32 Å². The number of nitrogens with one attached hydrogen (secondary N) is 2. The lowest BCUT2D eigenvalue weighted by Crippen LogP contribution is -2.14. The number of fused-ring (bicyclic) bond motifs is 2. The molecule has 1 aromatic heterocycles. The van der Waals surface area contributed by atoms with Crippen LogP contribution in [0.25, 0.3) is 11.0 Å². The molecule has 5 heteroatoms. The maximum atomic E-state index is 12.3. The fraction of sp³-hybridized carbons (Fsp3) is 0.250. The molecule has 1 aliphatic rings. The van der Waals surface area contributed by atoms with E-state index in [4.69, 9.17) is 0 Å². The molecule has 1 aliphatic carbocycles. The number of benzene rings is 2. The highest BCUT2D eigenvalue weighted by Gasteiger charge is 2.15. The molecule has 0 bridgehead atoms. The van der Waals surface area contributed by atoms with Crippen molar-refractivity contribution in [2.24, 2.45) is 0 Å². The zero-order chi connectivity index (χ0) is 17.2. The number of aromatic amines is 1. The van der Waals surface area contributed by atoms with E-state index in [2.05, 4.69) is 15.3 Å². The molecule has 1 amide bonds. The van der Waals surface area contributed by atoms with Crippen LogP contribution in [-0.4, -0.2) is 21.7 Å². The summed E-state index contributed by atoms with van der Waals surface area (Å²) in [5.74, 6) is 0.208. The zero-order valence-corrected chi connectivity index (χ0v) is 13.8. The van der Waals surface area contributed by atoms with E-state index < -0.39 is 0 Å². The number of ketones is 1. The van der Waals surface area contributed by atoms with Crippen molar-refractivity contribution in [1.82, 2.24) is 9.97 Å². The van der Waals surface area contributed by atoms with E-state index in [0.717, 1.165) is 30.3 Å². The highest BCUT2D eigenvalue weighted by Crippen LogP contribution is 2.23. The van der Waals surface area contributed by atoms with Crippen LogP contribution in [0.5, 0.6) is 0 Å². The Morgan fingerprint density at radius 3 is 2.76 bits per heavy atom. The number of carbonyl (C=O) groups is 2. The van der Waals surface area contributed by atoms with Gasteiger partial charge in [-0.1, -0.05) is 24.3 Å². The number of carbonyl (C=O) groups excluding carboxylic acids is 2. The Hall–Kier alpha value is -2.95. The third kappa shape index (κ3) is 3.31. The number of amides is 1. The summed E-state index contributed by atoms with van der Waals surface area (Å²) in [5.41, 5.74) is 4.99. The standard InChI is InChI=1S/C20H19N3O2/c24-18(15-9-8-13-4-3-5-14(13)12-15)10-11-19(25)23-20-21-16-6-1-2-7-17(16)22-20/h1-2,6-9,12H,3-5,10-11H2,(H2,21,22,23,25). The number of nitrogens with zero attached hydrogens (tertiary/aromatic N) is 1.